The molecule has 5 heteroatoms. The zero-order valence-electron chi connectivity index (χ0n) is 13.6. The summed E-state index contributed by atoms with van der Waals surface area (Å²) in [5.41, 5.74) is 3.21. The molecule has 1 saturated heterocycles. The Labute approximate surface area is 141 Å². The molecule has 0 unspecified atom stereocenters. The van der Waals surface area contributed by atoms with E-state index in [1.54, 1.807) is 11.3 Å². The summed E-state index contributed by atoms with van der Waals surface area (Å²) in [6.45, 7) is 8.58. The van der Waals surface area contributed by atoms with Crippen LogP contribution in [0.25, 0.3) is 0 Å². The minimum atomic E-state index is -0.0462. The van der Waals surface area contributed by atoms with E-state index in [-0.39, 0.29) is 5.91 Å². The van der Waals surface area contributed by atoms with Crippen molar-refractivity contribution in [3.8, 4) is 0 Å². The van der Waals surface area contributed by atoms with E-state index < -0.39 is 0 Å². The third kappa shape index (κ3) is 3.80. The van der Waals surface area contributed by atoms with Crippen LogP contribution in [0, 0.1) is 13.8 Å². The van der Waals surface area contributed by atoms with E-state index in [4.69, 9.17) is 4.74 Å². The lowest BCUT2D eigenvalue weighted by Crippen LogP contribution is -2.35. The summed E-state index contributed by atoms with van der Waals surface area (Å²) in [5.74, 6) is -0.0462. The van der Waals surface area contributed by atoms with Crippen molar-refractivity contribution in [1.82, 2.24) is 4.90 Å². The van der Waals surface area contributed by atoms with Crippen LogP contribution < -0.4 is 5.32 Å². The van der Waals surface area contributed by atoms with Gasteiger partial charge in [-0.15, -0.1) is 11.3 Å². The van der Waals surface area contributed by atoms with Crippen molar-refractivity contribution in [2.75, 3.05) is 31.6 Å². The van der Waals surface area contributed by atoms with Gasteiger partial charge in [-0.05, 0) is 31.5 Å². The van der Waals surface area contributed by atoms with Gasteiger partial charge in [-0.25, -0.2) is 0 Å². The Morgan fingerprint density at radius 1 is 1.22 bits per heavy atom. The molecule has 1 aromatic heterocycles. The molecule has 1 fully saturated rings. The number of hydrogen-bond donors (Lipinski definition) is 1. The maximum absolute atomic E-state index is 12.4. The molecule has 1 aromatic carbocycles. The average Bonchev–Trinajstić information content (AvgIpc) is 2.84. The monoisotopic (exact) mass is 330 g/mol. The van der Waals surface area contributed by atoms with Crippen molar-refractivity contribution < 1.29 is 9.53 Å². The van der Waals surface area contributed by atoms with Gasteiger partial charge in [0, 0.05) is 35.6 Å². The highest BCUT2D eigenvalue weighted by atomic mass is 32.1. The number of carbonyl (C=O) groups is 1. The molecule has 1 aliphatic heterocycles. The summed E-state index contributed by atoms with van der Waals surface area (Å²) in [5, 5.41) is 4.07. The number of anilines is 1. The molecule has 1 amide bonds. The molecule has 0 radical (unpaired) electrons. The molecule has 0 spiro atoms. The zero-order chi connectivity index (χ0) is 16.2. The van der Waals surface area contributed by atoms with Gasteiger partial charge in [0.2, 0.25) is 0 Å². The van der Waals surface area contributed by atoms with E-state index in [0.29, 0.717) is 5.56 Å². The number of thiophene rings is 1. The lowest BCUT2D eigenvalue weighted by atomic mass is 10.1. The van der Waals surface area contributed by atoms with E-state index in [9.17, 15) is 4.79 Å². The van der Waals surface area contributed by atoms with Gasteiger partial charge in [-0.1, -0.05) is 18.2 Å². The average molecular weight is 330 g/mol. The topological polar surface area (TPSA) is 41.6 Å². The molecule has 1 aliphatic rings. The van der Waals surface area contributed by atoms with E-state index in [1.165, 1.54) is 16.0 Å². The SMILES string of the molecule is Cc1sc(NC(=O)c2ccccc2)c(CN2CCOCC2)c1C. The number of rotatable bonds is 4. The maximum atomic E-state index is 12.4. The van der Waals surface area contributed by atoms with Gasteiger partial charge in [0.05, 0.1) is 13.2 Å². The lowest BCUT2D eigenvalue weighted by Gasteiger charge is -2.27. The van der Waals surface area contributed by atoms with Crippen LogP contribution in [-0.2, 0) is 11.3 Å². The third-order valence-electron chi connectivity index (χ3n) is 4.26. The van der Waals surface area contributed by atoms with Crippen LogP contribution in [-0.4, -0.2) is 37.1 Å². The fraction of sp³-hybridized carbons (Fsp3) is 0.389. The van der Waals surface area contributed by atoms with Crippen molar-refractivity contribution in [2.24, 2.45) is 0 Å². The highest BCUT2D eigenvalue weighted by molar-refractivity contribution is 7.16. The van der Waals surface area contributed by atoms with Crippen LogP contribution in [0.1, 0.15) is 26.4 Å². The summed E-state index contributed by atoms with van der Waals surface area (Å²) < 4.78 is 5.42. The predicted molar refractivity (Wildman–Crippen MR) is 94.3 cm³/mol. The molecule has 4 nitrogen and oxygen atoms in total. The molecule has 0 atom stereocenters. The number of aryl methyl sites for hydroxylation is 1. The molecule has 2 aromatic rings. The van der Waals surface area contributed by atoms with E-state index in [2.05, 4.69) is 24.1 Å². The summed E-state index contributed by atoms with van der Waals surface area (Å²) in [4.78, 5) is 16.1. The first-order valence-electron chi connectivity index (χ1n) is 7.90. The Kier molecular flexibility index (Phi) is 5.10. The largest absolute Gasteiger partial charge is 0.379 e. The predicted octanol–water partition coefficient (Wildman–Crippen LogP) is 3.45. The minimum Gasteiger partial charge on any atom is -0.379 e. The number of ether oxygens (including phenoxy) is 1. The van der Waals surface area contributed by atoms with Gasteiger partial charge in [0.15, 0.2) is 0 Å². The van der Waals surface area contributed by atoms with Crippen molar-refractivity contribution >= 4 is 22.2 Å². The van der Waals surface area contributed by atoms with Crippen LogP contribution in [0.5, 0.6) is 0 Å². The molecule has 0 saturated carbocycles. The van der Waals surface area contributed by atoms with Crippen molar-refractivity contribution in [1.29, 1.82) is 0 Å². The highest BCUT2D eigenvalue weighted by Gasteiger charge is 2.19. The quantitative estimate of drug-likeness (QED) is 0.933. The molecule has 122 valence electrons. The number of carbonyl (C=O) groups excluding carboxylic acids is 1. The molecule has 2 heterocycles. The standard InChI is InChI=1S/C18H22N2O2S/c1-13-14(2)23-18(16(13)12-20-8-10-22-11-9-20)19-17(21)15-6-4-3-5-7-15/h3-7H,8-12H2,1-2H3,(H,19,21). The number of hydrogen-bond acceptors (Lipinski definition) is 4. The maximum Gasteiger partial charge on any atom is 0.256 e. The van der Waals surface area contributed by atoms with Gasteiger partial charge in [0.25, 0.3) is 5.91 Å². The summed E-state index contributed by atoms with van der Waals surface area (Å²) in [6.07, 6.45) is 0. The zero-order valence-corrected chi connectivity index (χ0v) is 14.4. The number of nitrogens with zero attached hydrogens (tertiary/aromatic N) is 1. The highest BCUT2D eigenvalue weighted by Crippen LogP contribution is 2.33. The summed E-state index contributed by atoms with van der Waals surface area (Å²) in [7, 11) is 0. The van der Waals surface area contributed by atoms with Gasteiger partial charge in [0.1, 0.15) is 5.00 Å². The fourth-order valence-corrected chi connectivity index (χ4v) is 3.78. The molecule has 0 aliphatic carbocycles. The first-order chi connectivity index (χ1) is 11.1. The van der Waals surface area contributed by atoms with Gasteiger partial charge >= 0.3 is 0 Å². The Balaban J connectivity index is 1.78. The Bertz CT molecular complexity index is 676. The van der Waals surface area contributed by atoms with E-state index in [1.807, 2.05) is 30.3 Å². The third-order valence-corrected chi connectivity index (χ3v) is 5.42. The second-order valence-corrected chi connectivity index (χ2v) is 7.02. The van der Waals surface area contributed by atoms with Crippen LogP contribution >= 0.6 is 11.3 Å². The number of morpholine rings is 1. The fourth-order valence-electron chi connectivity index (χ4n) is 2.71. The first kappa shape index (κ1) is 16.2. The molecular formula is C18H22N2O2S. The molecule has 23 heavy (non-hydrogen) atoms. The molecular weight excluding hydrogens is 308 g/mol. The second-order valence-electron chi connectivity index (χ2n) is 5.80. The van der Waals surface area contributed by atoms with Crippen LogP contribution in [0.15, 0.2) is 30.3 Å². The summed E-state index contributed by atoms with van der Waals surface area (Å²) in [6, 6.07) is 9.36. The Morgan fingerprint density at radius 2 is 1.91 bits per heavy atom. The number of amides is 1. The van der Waals surface area contributed by atoms with E-state index in [0.717, 1.165) is 37.8 Å². The summed E-state index contributed by atoms with van der Waals surface area (Å²) >= 11 is 1.66. The van der Waals surface area contributed by atoms with E-state index >= 15 is 0 Å². The van der Waals surface area contributed by atoms with Crippen LogP contribution in [0.3, 0.4) is 0 Å². The smallest absolute Gasteiger partial charge is 0.256 e. The normalized spacial score (nSPS) is 15.6. The van der Waals surface area contributed by atoms with Gasteiger partial charge in [-0.3, -0.25) is 9.69 Å². The molecule has 1 N–H and O–H groups in total. The van der Waals surface area contributed by atoms with Crippen molar-refractivity contribution in [3.05, 3.63) is 51.9 Å². The van der Waals surface area contributed by atoms with Crippen molar-refractivity contribution in [3.63, 3.8) is 0 Å². The Morgan fingerprint density at radius 3 is 2.61 bits per heavy atom. The van der Waals surface area contributed by atoms with Gasteiger partial charge < -0.3 is 10.1 Å². The lowest BCUT2D eigenvalue weighted by molar-refractivity contribution is 0.0342. The minimum absolute atomic E-state index is 0.0462. The number of benzene rings is 1. The first-order valence-corrected chi connectivity index (χ1v) is 8.72. The molecule has 3 rings (SSSR count). The molecule has 0 bridgehead atoms. The second kappa shape index (κ2) is 7.25. The van der Waals surface area contributed by atoms with Crippen LogP contribution in [0.2, 0.25) is 0 Å². The van der Waals surface area contributed by atoms with Crippen molar-refractivity contribution in [2.45, 2.75) is 20.4 Å². The number of nitrogens with one attached hydrogen (secondary N) is 1. The Hall–Kier alpha value is -1.69. The van der Waals surface area contributed by atoms with Crippen LogP contribution in [0.4, 0.5) is 5.00 Å². The van der Waals surface area contributed by atoms with Gasteiger partial charge in [-0.2, -0.15) is 0 Å².